The number of hydrogen-bond acceptors (Lipinski definition) is 5. The maximum atomic E-state index is 13.6. The van der Waals surface area contributed by atoms with Crippen molar-refractivity contribution in [3.8, 4) is 0 Å². The Bertz CT molecular complexity index is 1110. The summed E-state index contributed by atoms with van der Waals surface area (Å²) < 4.78 is 14.8. The quantitative estimate of drug-likeness (QED) is 0.653. The summed E-state index contributed by atoms with van der Waals surface area (Å²) in [4.78, 5) is 34.3. The number of amides is 1. The lowest BCUT2D eigenvalue weighted by atomic mass is 10.1. The zero-order valence-corrected chi connectivity index (χ0v) is 17.5. The fourth-order valence-corrected chi connectivity index (χ4v) is 3.85. The van der Waals surface area contributed by atoms with E-state index in [1.807, 2.05) is 30.3 Å². The summed E-state index contributed by atoms with van der Waals surface area (Å²) >= 11 is 0. The number of fused-ring (bicyclic) bond motifs is 1. The number of nitrogens with zero attached hydrogens (tertiary/aromatic N) is 4. The van der Waals surface area contributed by atoms with Crippen LogP contribution in [0.2, 0.25) is 0 Å². The average Bonchev–Trinajstić information content (AvgIpc) is 2.78. The van der Waals surface area contributed by atoms with Gasteiger partial charge in [-0.25, -0.2) is 9.37 Å². The van der Waals surface area contributed by atoms with Gasteiger partial charge < -0.3 is 10.2 Å². The van der Waals surface area contributed by atoms with E-state index in [-0.39, 0.29) is 23.9 Å². The molecule has 1 N–H and O–H groups in total. The van der Waals surface area contributed by atoms with E-state index >= 15 is 0 Å². The van der Waals surface area contributed by atoms with Gasteiger partial charge in [-0.05, 0) is 30.8 Å². The first-order valence-electron chi connectivity index (χ1n) is 10.4. The van der Waals surface area contributed by atoms with Crippen LogP contribution in [0, 0.1) is 5.82 Å². The molecule has 0 saturated carbocycles. The molecule has 3 aromatic rings. The minimum atomic E-state index is -0.509. The summed E-state index contributed by atoms with van der Waals surface area (Å²) in [5.41, 5.74) is 0.982. The molecule has 1 unspecified atom stereocenters. The van der Waals surface area contributed by atoms with Crippen molar-refractivity contribution in [2.24, 2.45) is 0 Å². The molecule has 2 heterocycles. The van der Waals surface area contributed by atoms with Crippen molar-refractivity contribution >= 4 is 16.8 Å². The molecule has 1 aliphatic heterocycles. The van der Waals surface area contributed by atoms with Crippen LogP contribution in [0.1, 0.15) is 11.6 Å². The Morgan fingerprint density at radius 1 is 1.13 bits per heavy atom. The fraction of sp³-hybridized carbons (Fsp3) is 0.348. The van der Waals surface area contributed by atoms with E-state index in [4.69, 9.17) is 0 Å². The molecule has 1 aromatic heterocycles. The molecule has 162 valence electrons. The van der Waals surface area contributed by atoms with Crippen molar-refractivity contribution in [3.05, 3.63) is 76.6 Å². The minimum absolute atomic E-state index is 0.160. The van der Waals surface area contributed by atoms with E-state index in [9.17, 15) is 14.0 Å². The highest BCUT2D eigenvalue weighted by molar-refractivity contribution is 5.79. The number of rotatable bonds is 6. The van der Waals surface area contributed by atoms with Gasteiger partial charge in [0.2, 0.25) is 5.91 Å². The second-order valence-electron chi connectivity index (χ2n) is 7.97. The smallest absolute Gasteiger partial charge is 0.261 e. The molecule has 0 aliphatic carbocycles. The summed E-state index contributed by atoms with van der Waals surface area (Å²) in [5.74, 6) is -0.799. The van der Waals surface area contributed by atoms with Crippen molar-refractivity contribution in [3.63, 3.8) is 0 Å². The Hall–Kier alpha value is -3.10. The van der Waals surface area contributed by atoms with E-state index in [0.29, 0.717) is 12.1 Å². The van der Waals surface area contributed by atoms with Gasteiger partial charge in [0.15, 0.2) is 0 Å². The van der Waals surface area contributed by atoms with Gasteiger partial charge in [-0.3, -0.25) is 19.1 Å². The lowest BCUT2D eigenvalue weighted by Gasteiger charge is -2.35. The van der Waals surface area contributed by atoms with Crippen LogP contribution in [0.4, 0.5) is 4.39 Å². The van der Waals surface area contributed by atoms with E-state index in [2.05, 4.69) is 27.1 Å². The van der Waals surface area contributed by atoms with Gasteiger partial charge in [0, 0.05) is 32.7 Å². The normalized spacial score (nSPS) is 16.3. The van der Waals surface area contributed by atoms with E-state index < -0.39 is 11.4 Å². The summed E-state index contributed by atoms with van der Waals surface area (Å²) in [5, 5.41) is 3.23. The van der Waals surface area contributed by atoms with Crippen molar-refractivity contribution in [1.82, 2.24) is 24.7 Å². The third kappa shape index (κ3) is 5.15. The average molecular weight is 423 g/mol. The molecule has 4 rings (SSSR count). The van der Waals surface area contributed by atoms with Crippen LogP contribution >= 0.6 is 0 Å². The van der Waals surface area contributed by atoms with Crippen molar-refractivity contribution < 1.29 is 9.18 Å². The summed E-state index contributed by atoms with van der Waals surface area (Å²) in [6.07, 6.45) is 1.33. The van der Waals surface area contributed by atoms with Crippen LogP contribution in [0.5, 0.6) is 0 Å². The molecule has 31 heavy (non-hydrogen) atoms. The van der Waals surface area contributed by atoms with Crippen molar-refractivity contribution in [2.75, 3.05) is 39.8 Å². The number of piperazine rings is 1. The fourth-order valence-electron chi connectivity index (χ4n) is 3.85. The van der Waals surface area contributed by atoms with Crippen LogP contribution in [0.25, 0.3) is 10.9 Å². The highest BCUT2D eigenvalue weighted by atomic mass is 19.1. The van der Waals surface area contributed by atoms with Gasteiger partial charge in [0.25, 0.3) is 5.56 Å². The second-order valence-corrected chi connectivity index (χ2v) is 7.97. The van der Waals surface area contributed by atoms with Crippen LogP contribution < -0.4 is 10.9 Å². The van der Waals surface area contributed by atoms with Gasteiger partial charge in [0.1, 0.15) is 12.4 Å². The molecule has 0 spiro atoms. The molecule has 0 radical (unpaired) electrons. The molecule has 1 atom stereocenters. The van der Waals surface area contributed by atoms with Gasteiger partial charge in [-0.1, -0.05) is 30.3 Å². The second kappa shape index (κ2) is 9.36. The highest BCUT2D eigenvalue weighted by Crippen LogP contribution is 2.16. The van der Waals surface area contributed by atoms with Crippen LogP contribution in [0.15, 0.2) is 59.7 Å². The Balaban J connectivity index is 1.50. The predicted molar refractivity (Wildman–Crippen MR) is 117 cm³/mol. The van der Waals surface area contributed by atoms with Crippen LogP contribution in [-0.4, -0.2) is 65.0 Å². The molecule has 1 aliphatic rings. The topological polar surface area (TPSA) is 70.5 Å². The first-order chi connectivity index (χ1) is 15.0. The number of halogens is 1. The Morgan fingerprint density at radius 3 is 2.61 bits per heavy atom. The summed E-state index contributed by atoms with van der Waals surface area (Å²) in [6.45, 7) is 4.38. The Morgan fingerprint density at radius 2 is 1.87 bits per heavy atom. The van der Waals surface area contributed by atoms with Crippen LogP contribution in [-0.2, 0) is 11.3 Å². The summed E-state index contributed by atoms with van der Waals surface area (Å²) in [7, 11) is 2.11. The third-order valence-corrected chi connectivity index (χ3v) is 5.67. The molecule has 0 bridgehead atoms. The lowest BCUT2D eigenvalue weighted by Crippen LogP contribution is -2.48. The monoisotopic (exact) mass is 423 g/mol. The Kier molecular flexibility index (Phi) is 6.39. The van der Waals surface area contributed by atoms with Gasteiger partial charge in [-0.2, -0.15) is 0 Å². The van der Waals surface area contributed by atoms with Crippen LogP contribution in [0.3, 0.4) is 0 Å². The zero-order chi connectivity index (χ0) is 21.8. The molecule has 1 amide bonds. The number of benzene rings is 2. The molecular formula is C23H26FN5O2. The first-order valence-corrected chi connectivity index (χ1v) is 10.4. The van der Waals surface area contributed by atoms with Crippen molar-refractivity contribution in [1.29, 1.82) is 0 Å². The highest BCUT2D eigenvalue weighted by Gasteiger charge is 2.21. The largest absolute Gasteiger partial charge is 0.346 e. The van der Waals surface area contributed by atoms with E-state index in [1.165, 1.54) is 23.0 Å². The first kappa shape index (κ1) is 21.1. The van der Waals surface area contributed by atoms with E-state index in [1.54, 1.807) is 0 Å². The number of carbonyl (C=O) groups excluding carboxylic acids is 1. The molecule has 2 aromatic carbocycles. The maximum absolute atomic E-state index is 13.6. The number of nitrogens with one attached hydrogen (secondary N) is 1. The third-order valence-electron chi connectivity index (χ3n) is 5.67. The van der Waals surface area contributed by atoms with Gasteiger partial charge >= 0.3 is 0 Å². The molecule has 1 fully saturated rings. The standard InChI is InChI=1S/C23H26FN5O2/c1-27-9-11-28(12-10-27)14-21(17-5-3-2-4-6-17)26-22(30)15-29-16-25-20-8-7-18(24)13-19(20)23(29)31/h2-8,13,16,21H,9-12,14-15H2,1H3,(H,26,30). The summed E-state index contributed by atoms with van der Waals surface area (Å²) in [6, 6.07) is 13.5. The maximum Gasteiger partial charge on any atom is 0.261 e. The molecule has 7 nitrogen and oxygen atoms in total. The SMILES string of the molecule is CN1CCN(CC(NC(=O)Cn2cnc3ccc(F)cc3c2=O)c2ccccc2)CC1. The zero-order valence-electron chi connectivity index (χ0n) is 17.5. The van der Waals surface area contributed by atoms with Gasteiger partial charge in [0.05, 0.1) is 23.3 Å². The number of hydrogen-bond donors (Lipinski definition) is 1. The number of carbonyl (C=O) groups is 1. The molecular weight excluding hydrogens is 397 g/mol. The predicted octanol–water partition coefficient (Wildman–Crippen LogP) is 1.64. The minimum Gasteiger partial charge on any atom is -0.346 e. The lowest BCUT2D eigenvalue weighted by molar-refractivity contribution is -0.122. The molecule has 8 heteroatoms. The number of aromatic nitrogens is 2. The Labute approximate surface area is 180 Å². The van der Waals surface area contributed by atoms with Gasteiger partial charge in [-0.15, -0.1) is 0 Å². The molecule has 1 saturated heterocycles. The van der Waals surface area contributed by atoms with Crippen molar-refractivity contribution in [2.45, 2.75) is 12.6 Å². The number of likely N-dealkylation sites (N-methyl/N-ethyl adjacent to an activating group) is 1. The van der Waals surface area contributed by atoms with E-state index in [0.717, 1.165) is 37.8 Å².